The second-order valence-electron chi connectivity index (χ2n) is 4.35. The molecule has 23 heavy (non-hydrogen) atoms. The summed E-state index contributed by atoms with van der Waals surface area (Å²) in [6, 6.07) is 0. The van der Waals surface area contributed by atoms with Gasteiger partial charge in [-0.05, 0) is 13.8 Å². The zero-order valence-corrected chi connectivity index (χ0v) is 13.4. The van der Waals surface area contributed by atoms with Crippen LogP contribution in [0.4, 0.5) is 17.8 Å². The van der Waals surface area contributed by atoms with Crippen molar-refractivity contribution in [2.75, 3.05) is 49.6 Å². The molecule has 0 unspecified atom stereocenters. The van der Waals surface area contributed by atoms with E-state index in [0.717, 1.165) is 15.2 Å². The summed E-state index contributed by atoms with van der Waals surface area (Å²) in [5, 5.41) is 29.8. The van der Waals surface area contributed by atoms with E-state index in [1.54, 1.807) is 13.8 Å². The summed E-state index contributed by atoms with van der Waals surface area (Å²) in [5.41, 5.74) is 0. The van der Waals surface area contributed by atoms with E-state index in [0.29, 0.717) is 0 Å². The number of aromatic nitrogens is 3. The molecule has 0 radical (unpaired) electrons. The zero-order chi connectivity index (χ0) is 17.4. The smallest absolute Gasteiger partial charge is 0.284 e. The van der Waals surface area contributed by atoms with E-state index in [1.165, 1.54) is 14.2 Å². The second kappa shape index (κ2) is 9.34. The summed E-state index contributed by atoms with van der Waals surface area (Å²) in [5.74, 6) is -0.209. The van der Waals surface area contributed by atoms with Gasteiger partial charge in [-0.25, -0.2) is 9.68 Å². The number of aliphatic hydroxyl groups is 3. The highest BCUT2D eigenvalue weighted by Gasteiger charge is 2.21. The van der Waals surface area contributed by atoms with Crippen LogP contribution < -0.4 is 15.2 Å². The maximum Gasteiger partial charge on any atom is 0.284 e. The predicted molar refractivity (Wildman–Crippen MR) is 78.8 cm³/mol. The van der Waals surface area contributed by atoms with Gasteiger partial charge in [0.15, 0.2) is 0 Å². The maximum atomic E-state index is 9.43. The molecule has 1 aromatic heterocycles. The van der Waals surface area contributed by atoms with Gasteiger partial charge in [0.05, 0.1) is 20.3 Å². The third kappa shape index (κ3) is 5.09. The van der Waals surface area contributed by atoms with Gasteiger partial charge in [-0.1, -0.05) is 5.23 Å². The Labute approximate surface area is 133 Å². The van der Waals surface area contributed by atoms with Gasteiger partial charge in [0, 0.05) is 0 Å². The highest BCUT2D eigenvalue weighted by Crippen LogP contribution is 2.19. The monoisotopic (exact) mass is 334 g/mol. The third-order valence-corrected chi connectivity index (χ3v) is 2.41. The Morgan fingerprint density at radius 1 is 0.870 bits per heavy atom. The first-order valence-electron chi connectivity index (χ1n) is 6.66. The molecule has 1 rings (SSSR count). The van der Waals surface area contributed by atoms with Crippen molar-refractivity contribution in [1.82, 2.24) is 15.0 Å². The van der Waals surface area contributed by atoms with Crippen molar-refractivity contribution in [3.8, 4) is 0 Å². The normalized spacial score (nSPS) is 11.0. The Morgan fingerprint density at radius 2 is 1.39 bits per heavy atom. The van der Waals surface area contributed by atoms with Crippen molar-refractivity contribution in [2.45, 2.75) is 20.0 Å². The Bertz CT molecular complexity index is 440. The van der Waals surface area contributed by atoms with Crippen LogP contribution in [0, 0.1) is 0 Å². The number of hydrogen-bond donors (Lipinski definition) is 3. The van der Waals surface area contributed by atoms with E-state index in [1.807, 2.05) is 0 Å². The minimum atomic E-state index is -0.538. The fourth-order valence-electron chi connectivity index (χ4n) is 1.49. The van der Waals surface area contributed by atoms with Crippen LogP contribution in [0.15, 0.2) is 0 Å². The zero-order valence-electron chi connectivity index (χ0n) is 13.4. The van der Waals surface area contributed by atoms with Crippen molar-refractivity contribution in [3.05, 3.63) is 0 Å². The molecule has 0 atom stereocenters. The Kier molecular flexibility index (Phi) is 7.80. The van der Waals surface area contributed by atoms with Gasteiger partial charge in [0.25, 0.3) is 11.9 Å². The maximum absolute atomic E-state index is 9.43. The number of anilines is 3. The molecule has 0 fully saturated rings. The quantitative estimate of drug-likeness (QED) is 0.343. The van der Waals surface area contributed by atoms with Crippen LogP contribution in [0.5, 0.6) is 0 Å². The lowest BCUT2D eigenvalue weighted by Crippen LogP contribution is -2.34. The number of hydrogen-bond acceptors (Lipinski definition) is 12. The standard InChI is InChI=1S/C11H22N6O6/c1-8(2)23-16(7-20)10-12-9(15(5-18)6-19)13-11(14-10)17(21-3)22-4/h8,18-20H,5-7H2,1-4H3. The molecule has 12 heteroatoms. The van der Waals surface area contributed by atoms with Crippen LogP contribution in [0.25, 0.3) is 0 Å². The van der Waals surface area contributed by atoms with Crippen LogP contribution >= 0.6 is 0 Å². The van der Waals surface area contributed by atoms with Crippen LogP contribution in [0.1, 0.15) is 13.8 Å². The first kappa shape index (κ1) is 19.2. The van der Waals surface area contributed by atoms with E-state index in [2.05, 4.69) is 15.0 Å². The molecule has 0 amide bonds. The molecule has 0 aliphatic heterocycles. The van der Waals surface area contributed by atoms with Crippen molar-refractivity contribution in [3.63, 3.8) is 0 Å². The highest BCUT2D eigenvalue weighted by molar-refractivity contribution is 5.43. The van der Waals surface area contributed by atoms with Gasteiger partial charge in [-0.2, -0.15) is 20.0 Å². The van der Waals surface area contributed by atoms with Crippen LogP contribution in [0.2, 0.25) is 0 Å². The van der Waals surface area contributed by atoms with Gasteiger partial charge in [-0.3, -0.25) is 9.74 Å². The molecule has 0 saturated carbocycles. The molecule has 1 heterocycles. The average molecular weight is 334 g/mol. The van der Waals surface area contributed by atoms with Crippen molar-refractivity contribution >= 4 is 17.8 Å². The third-order valence-electron chi connectivity index (χ3n) is 2.41. The van der Waals surface area contributed by atoms with Crippen LogP contribution in [0.3, 0.4) is 0 Å². The molecule has 132 valence electrons. The molecule has 0 aromatic carbocycles. The SMILES string of the molecule is CON(OC)c1nc(N(CO)CO)nc(N(CO)OC(C)C)n1. The minimum Gasteiger partial charge on any atom is -0.376 e. The summed E-state index contributed by atoms with van der Waals surface area (Å²) in [6.45, 7) is 1.92. The molecule has 3 N–H and O–H groups in total. The number of rotatable bonds is 10. The lowest BCUT2D eigenvalue weighted by molar-refractivity contribution is -0.0474. The first-order chi connectivity index (χ1) is 11.0. The lowest BCUT2D eigenvalue weighted by Gasteiger charge is -2.25. The number of hydroxylamine groups is 1. The predicted octanol–water partition coefficient (Wildman–Crippen LogP) is -1.40. The number of nitrogens with zero attached hydrogens (tertiary/aromatic N) is 6. The van der Waals surface area contributed by atoms with Crippen molar-refractivity contribution < 1.29 is 29.8 Å². The molecular weight excluding hydrogens is 312 g/mol. The second-order valence-corrected chi connectivity index (χ2v) is 4.35. The van der Waals surface area contributed by atoms with Gasteiger partial charge in [0.1, 0.15) is 20.2 Å². The van der Waals surface area contributed by atoms with E-state index >= 15 is 0 Å². The minimum absolute atomic E-state index is 0.0628. The highest BCUT2D eigenvalue weighted by atomic mass is 16.9. The summed E-state index contributed by atoms with van der Waals surface area (Å²) in [4.78, 5) is 28.4. The number of aliphatic hydroxyl groups excluding tert-OH is 3. The van der Waals surface area contributed by atoms with Crippen LogP contribution in [-0.2, 0) is 14.5 Å². The van der Waals surface area contributed by atoms with E-state index < -0.39 is 20.2 Å². The van der Waals surface area contributed by atoms with Gasteiger partial charge >= 0.3 is 0 Å². The summed E-state index contributed by atoms with van der Waals surface area (Å²) in [6.07, 6.45) is -0.251. The fourth-order valence-corrected chi connectivity index (χ4v) is 1.49. The molecule has 0 aliphatic rings. The molecule has 0 bridgehead atoms. The largest absolute Gasteiger partial charge is 0.376 e. The molecule has 0 saturated heterocycles. The van der Waals surface area contributed by atoms with Crippen molar-refractivity contribution in [2.24, 2.45) is 0 Å². The molecule has 0 spiro atoms. The first-order valence-corrected chi connectivity index (χ1v) is 6.66. The van der Waals surface area contributed by atoms with Gasteiger partial charge < -0.3 is 15.3 Å². The van der Waals surface area contributed by atoms with Crippen LogP contribution in [-0.4, -0.2) is 70.8 Å². The van der Waals surface area contributed by atoms with E-state index in [9.17, 15) is 15.3 Å². The molecule has 12 nitrogen and oxygen atoms in total. The molecular formula is C11H22N6O6. The Hall–Kier alpha value is -1.83. The molecule has 0 aliphatic carbocycles. The van der Waals surface area contributed by atoms with Gasteiger partial charge in [-0.15, -0.1) is 0 Å². The molecule has 1 aromatic rings. The van der Waals surface area contributed by atoms with E-state index in [-0.39, 0.29) is 23.9 Å². The summed E-state index contributed by atoms with van der Waals surface area (Å²) >= 11 is 0. The average Bonchev–Trinajstić information content (AvgIpc) is 2.54. The Balaban J connectivity index is 3.31. The van der Waals surface area contributed by atoms with E-state index in [4.69, 9.17) is 14.5 Å². The Morgan fingerprint density at radius 3 is 1.83 bits per heavy atom. The summed E-state index contributed by atoms with van der Waals surface area (Å²) < 4.78 is 0. The summed E-state index contributed by atoms with van der Waals surface area (Å²) in [7, 11) is 2.66. The lowest BCUT2D eigenvalue weighted by atomic mass is 10.5. The fraction of sp³-hybridized carbons (Fsp3) is 0.727. The topological polar surface area (TPSA) is 137 Å². The van der Waals surface area contributed by atoms with Crippen molar-refractivity contribution in [1.29, 1.82) is 0 Å². The van der Waals surface area contributed by atoms with Gasteiger partial charge in [0.2, 0.25) is 5.95 Å².